The average Bonchev–Trinajstić information content (AvgIpc) is 3.36. The van der Waals surface area contributed by atoms with Gasteiger partial charge < -0.3 is 4.74 Å². The first-order valence-electron chi connectivity index (χ1n) is 10.1. The Morgan fingerprint density at radius 1 is 1.24 bits per heavy atom. The quantitative estimate of drug-likeness (QED) is 0.471. The van der Waals surface area contributed by atoms with Crippen molar-refractivity contribution in [3.8, 4) is 28.8 Å². The topological polar surface area (TPSA) is 99.4 Å². The Hall–Kier alpha value is -3.49. The number of benzene rings is 2. The fourth-order valence-electron chi connectivity index (χ4n) is 3.83. The van der Waals surface area contributed by atoms with Crippen LogP contribution in [0.25, 0.3) is 11.1 Å². The van der Waals surface area contributed by atoms with Crippen LogP contribution in [0.4, 0.5) is 20.2 Å². The van der Waals surface area contributed by atoms with Crippen molar-refractivity contribution in [1.82, 2.24) is 9.97 Å². The third-order valence-corrected chi connectivity index (χ3v) is 7.77. The van der Waals surface area contributed by atoms with Gasteiger partial charge in [-0.05, 0) is 47.5 Å². The summed E-state index contributed by atoms with van der Waals surface area (Å²) in [7, 11) is -2.61. The van der Waals surface area contributed by atoms with Gasteiger partial charge in [0.15, 0.2) is 0 Å². The van der Waals surface area contributed by atoms with Crippen LogP contribution in [0.2, 0.25) is 5.28 Å². The summed E-state index contributed by atoms with van der Waals surface area (Å²) in [6, 6.07) is 13.3. The van der Waals surface area contributed by atoms with Crippen molar-refractivity contribution < 1.29 is 21.9 Å². The standard InChI is InChI=1S/C22H16ClF2N5O3S/c1-29-19-8-13(3-5-18(19)30(34(29,31)32)12-15-10-22(15,24)25)17-9-16(4-2-14(17)11-26)33-20-6-7-27-21(23)28-20/h2-9,15H,10,12H2,1H3. The highest BCUT2D eigenvalue weighted by Gasteiger charge is 2.59. The molecular formula is C22H16ClF2N5O3S. The number of nitrogens with zero attached hydrogens (tertiary/aromatic N) is 5. The minimum atomic E-state index is -3.98. The van der Waals surface area contributed by atoms with E-state index in [1.165, 1.54) is 19.3 Å². The Balaban J connectivity index is 1.52. The van der Waals surface area contributed by atoms with Crippen LogP contribution in [0.3, 0.4) is 0 Å². The van der Waals surface area contributed by atoms with Gasteiger partial charge in [-0.1, -0.05) is 6.07 Å². The van der Waals surface area contributed by atoms with Crippen LogP contribution in [0.5, 0.6) is 11.6 Å². The number of fused-ring (bicyclic) bond motifs is 1. The first-order chi connectivity index (χ1) is 16.1. The molecule has 1 aliphatic heterocycles. The summed E-state index contributed by atoms with van der Waals surface area (Å²) in [4.78, 5) is 7.76. The Morgan fingerprint density at radius 3 is 2.68 bits per heavy atom. The molecule has 0 radical (unpaired) electrons. The van der Waals surface area contributed by atoms with E-state index in [0.29, 0.717) is 33.8 Å². The molecule has 34 heavy (non-hydrogen) atoms. The number of rotatable bonds is 5. The van der Waals surface area contributed by atoms with Crippen molar-refractivity contribution in [3.05, 3.63) is 59.5 Å². The predicted octanol–water partition coefficient (Wildman–Crippen LogP) is 4.62. The van der Waals surface area contributed by atoms with E-state index in [2.05, 4.69) is 16.0 Å². The SMILES string of the molecule is CN1c2cc(-c3cc(Oc4ccnc(Cl)n4)ccc3C#N)ccc2N(CC2CC2(F)F)S1(=O)=O. The highest BCUT2D eigenvalue weighted by Crippen LogP contribution is 2.52. The fraction of sp³-hybridized carbons (Fsp3) is 0.227. The first kappa shape index (κ1) is 22.3. The molecule has 8 nitrogen and oxygen atoms in total. The summed E-state index contributed by atoms with van der Waals surface area (Å²) in [5, 5.41) is 9.62. The van der Waals surface area contributed by atoms with Gasteiger partial charge in [0.05, 0.1) is 23.0 Å². The van der Waals surface area contributed by atoms with E-state index < -0.39 is 22.0 Å². The van der Waals surface area contributed by atoms with Gasteiger partial charge in [0.25, 0.3) is 5.92 Å². The Kier molecular flexibility index (Phi) is 5.11. The van der Waals surface area contributed by atoms with E-state index in [4.69, 9.17) is 16.3 Å². The third-order valence-electron chi connectivity index (χ3n) is 5.80. The van der Waals surface area contributed by atoms with Crippen molar-refractivity contribution in [1.29, 1.82) is 5.26 Å². The molecule has 2 aromatic carbocycles. The van der Waals surface area contributed by atoms with Crippen molar-refractivity contribution in [2.24, 2.45) is 5.92 Å². The maximum Gasteiger partial charge on any atom is 0.326 e. The largest absolute Gasteiger partial charge is 0.439 e. The summed E-state index contributed by atoms with van der Waals surface area (Å²) in [6.07, 6.45) is 1.11. The number of hydrogen-bond donors (Lipinski definition) is 0. The van der Waals surface area contributed by atoms with Crippen LogP contribution in [0.15, 0.2) is 48.7 Å². The summed E-state index contributed by atoms with van der Waals surface area (Å²) < 4.78 is 60.5. The summed E-state index contributed by atoms with van der Waals surface area (Å²) in [5.74, 6) is -3.26. The number of anilines is 2. The van der Waals surface area contributed by atoms with Crippen molar-refractivity contribution in [3.63, 3.8) is 0 Å². The average molecular weight is 504 g/mol. The first-order valence-corrected chi connectivity index (χ1v) is 11.9. The van der Waals surface area contributed by atoms with Crippen molar-refractivity contribution in [2.45, 2.75) is 12.3 Å². The molecule has 0 saturated heterocycles. The van der Waals surface area contributed by atoms with E-state index in [0.717, 1.165) is 8.61 Å². The smallest absolute Gasteiger partial charge is 0.326 e. The third kappa shape index (κ3) is 3.78. The molecule has 1 atom stereocenters. The van der Waals surface area contributed by atoms with Crippen LogP contribution in [0, 0.1) is 17.2 Å². The van der Waals surface area contributed by atoms with Gasteiger partial charge in [-0.2, -0.15) is 18.7 Å². The van der Waals surface area contributed by atoms with Crippen molar-refractivity contribution in [2.75, 3.05) is 22.2 Å². The lowest BCUT2D eigenvalue weighted by Crippen LogP contribution is -2.37. The summed E-state index contributed by atoms with van der Waals surface area (Å²) >= 11 is 5.79. The molecule has 0 amide bonds. The highest BCUT2D eigenvalue weighted by atomic mass is 35.5. The summed E-state index contributed by atoms with van der Waals surface area (Å²) in [6.45, 7) is -0.291. The second-order valence-corrected chi connectivity index (χ2v) is 10.2. The second-order valence-electron chi connectivity index (χ2n) is 7.96. The molecule has 0 spiro atoms. The zero-order valence-electron chi connectivity index (χ0n) is 17.6. The Bertz CT molecular complexity index is 1460. The lowest BCUT2D eigenvalue weighted by atomic mass is 9.99. The molecule has 2 heterocycles. The van der Waals surface area contributed by atoms with Crippen LogP contribution >= 0.6 is 11.6 Å². The minimum absolute atomic E-state index is 0.0164. The number of aromatic nitrogens is 2. The minimum Gasteiger partial charge on any atom is -0.439 e. The van der Waals surface area contributed by atoms with Crippen LogP contribution < -0.4 is 13.3 Å². The van der Waals surface area contributed by atoms with Gasteiger partial charge in [0.2, 0.25) is 11.2 Å². The van der Waals surface area contributed by atoms with Crippen molar-refractivity contribution >= 4 is 33.2 Å². The Labute approximate surface area is 199 Å². The van der Waals surface area contributed by atoms with Gasteiger partial charge in [-0.15, -0.1) is 0 Å². The van der Waals surface area contributed by atoms with Crippen LogP contribution in [0.1, 0.15) is 12.0 Å². The van der Waals surface area contributed by atoms with Gasteiger partial charge in [-0.25, -0.2) is 13.8 Å². The number of ether oxygens (including phenoxy) is 1. The zero-order chi connectivity index (χ0) is 24.3. The maximum absolute atomic E-state index is 13.5. The summed E-state index contributed by atoms with van der Waals surface area (Å²) in [5.41, 5.74) is 2.05. The molecule has 0 bridgehead atoms. The lowest BCUT2D eigenvalue weighted by molar-refractivity contribution is 0.101. The van der Waals surface area contributed by atoms with Gasteiger partial charge in [-0.3, -0.25) is 8.61 Å². The number of hydrogen-bond acceptors (Lipinski definition) is 6. The fourth-order valence-corrected chi connectivity index (χ4v) is 5.43. The van der Waals surface area contributed by atoms with Gasteiger partial charge >= 0.3 is 10.2 Å². The van der Waals surface area contributed by atoms with Gasteiger partial charge in [0.1, 0.15) is 5.75 Å². The number of halogens is 3. The van der Waals surface area contributed by atoms with E-state index in [9.17, 15) is 22.5 Å². The number of nitriles is 1. The molecule has 1 saturated carbocycles. The second kappa shape index (κ2) is 7.78. The molecule has 1 unspecified atom stereocenters. The molecule has 12 heteroatoms. The molecule has 5 rings (SSSR count). The molecule has 3 aromatic rings. The van der Waals surface area contributed by atoms with Gasteiger partial charge in [0, 0.05) is 43.8 Å². The molecule has 1 fully saturated rings. The predicted molar refractivity (Wildman–Crippen MR) is 121 cm³/mol. The van der Waals surface area contributed by atoms with E-state index >= 15 is 0 Å². The van der Waals surface area contributed by atoms with Crippen LogP contribution in [-0.2, 0) is 10.2 Å². The monoisotopic (exact) mass is 503 g/mol. The lowest BCUT2D eigenvalue weighted by Gasteiger charge is -2.18. The molecular weight excluding hydrogens is 488 g/mol. The molecule has 174 valence electrons. The van der Waals surface area contributed by atoms with E-state index in [1.807, 2.05) is 0 Å². The molecule has 1 aromatic heterocycles. The van der Waals surface area contributed by atoms with E-state index in [1.54, 1.807) is 36.4 Å². The molecule has 2 aliphatic rings. The van der Waals surface area contributed by atoms with E-state index in [-0.39, 0.29) is 24.1 Å². The molecule has 0 N–H and O–H groups in total. The Morgan fingerprint density at radius 2 is 2.00 bits per heavy atom. The maximum atomic E-state index is 13.5. The zero-order valence-corrected chi connectivity index (χ0v) is 19.2. The van der Waals surface area contributed by atoms with Crippen LogP contribution in [-0.4, -0.2) is 37.9 Å². The highest BCUT2D eigenvalue weighted by molar-refractivity contribution is 7.94. The molecule has 1 aliphatic carbocycles. The number of alkyl halides is 2. The normalized spacial score (nSPS) is 19.4.